The maximum Gasteiger partial charge on any atom is 0.336 e. The van der Waals surface area contributed by atoms with E-state index in [0.29, 0.717) is 11.3 Å². The van der Waals surface area contributed by atoms with E-state index in [1.807, 2.05) is 0 Å². The number of aromatic carboxylic acids is 1. The predicted molar refractivity (Wildman–Crippen MR) is 72.2 cm³/mol. The molecule has 1 aromatic carbocycles. The Labute approximate surface area is 110 Å². The summed E-state index contributed by atoms with van der Waals surface area (Å²) in [6, 6.07) is 4.92. The Balaban J connectivity index is 2.16. The molecule has 1 aliphatic heterocycles. The number of hydrogen-bond donors (Lipinski definition) is 2. The molecule has 1 fully saturated rings. The molecule has 2 N–H and O–H groups in total. The lowest BCUT2D eigenvalue weighted by Gasteiger charge is -2.13. The van der Waals surface area contributed by atoms with Crippen LogP contribution in [-0.4, -0.2) is 28.0 Å². The van der Waals surface area contributed by atoms with Crippen LogP contribution in [0.2, 0.25) is 0 Å². The minimum absolute atomic E-state index is 0.00196. The van der Waals surface area contributed by atoms with E-state index >= 15 is 0 Å². The van der Waals surface area contributed by atoms with Crippen molar-refractivity contribution in [2.75, 3.05) is 11.1 Å². The van der Waals surface area contributed by atoms with Crippen molar-refractivity contribution in [3.8, 4) is 0 Å². The Morgan fingerprint density at radius 1 is 1.44 bits per heavy atom. The molecule has 1 aliphatic rings. The summed E-state index contributed by atoms with van der Waals surface area (Å²) in [4.78, 5) is 23.0. The lowest BCUT2D eigenvalue weighted by atomic mass is 10.1. The summed E-state index contributed by atoms with van der Waals surface area (Å²) in [5.74, 6) is 0.0219. The van der Waals surface area contributed by atoms with Crippen molar-refractivity contribution in [1.29, 1.82) is 0 Å². The molecule has 96 valence electrons. The van der Waals surface area contributed by atoms with Gasteiger partial charge in [-0.1, -0.05) is 6.07 Å². The highest BCUT2D eigenvalue weighted by molar-refractivity contribution is 8.00. The van der Waals surface area contributed by atoms with E-state index in [1.54, 1.807) is 30.8 Å². The van der Waals surface area contributed by atoms with E-state index in [2.05, 4.69) is 5.32 Å². The molecule has 0 spiro atoms. The number of thioether (sulfide) groups is 1. The number of amides is 1. The van der Waals surface area contributed by atoms with E-state index in [1.165, 1.54) is 6.07 Å². The van der Waals surface area contributed by atoms with Gasteiger partial charge in [0.25, 0.3) is 0 Å². The van der Waals surface area contributed by atoms with Crippen molar-refractivity contribution < 1.29 is 14.7 Å². The fourth-order valence-electron chi connectivity index (χ4n) is 2.00. The molecule has 18 heavy (non-hydrogen) atoms. The third-order valence-electron chi connectivity index (χ3n) is 3.04. The number of hydrogen-bond acceptors (Lipinski definition) is 3. The molecule has 0 aliphatic carbocycles. The zero-order valence-electron chi connectivity index (χ0n) is 10.1. The van der Waals surface area contributed by atoms with Gasteiger partial charge >= 0.3 is 5.97 Å². The molecular weight excluding hydrogens is 250 g/mol. The molecule has 1 heterocycles. The average Bonchev–Trinajstić information content (AvgIpc) is 2.85. The quantitative estimate of drug-likeness (QED) is 0.881. The van der Waals surface area contributed by atoms with Crippen molar-refractivity contribution >= 4 is 29.3 Å². The summed E-state index contributed by atoms with van der Waals surface area (Å²) in [7, 11) is 0. The minimum Gasteiger partial charge on any atom is -0.478 e. The summed E-state index contributed by atoms with van der Waals surface area (Å²) in [6.07, 6.45) is 1.96. The number of carbonyl (C=O) groups is 2. The van der Waals surface area contributed by atoms with Gasteiger partial charge in [-0.25, -0.2) is 4.79 Å². The Kier molecular flexibility index (Phi) is 3.91. The number of carboxylic acids is 1. The van der Waals surface area contributed by atoms with Crippen molar-refractivity contribution in [3.63, 3.8) is 0 Å². The normalized spacial score (nSPS) is 18.6. The van der Waals surface area contributed by atoms with Gasteiger partial charge < -0.3 is 10.4 Å². The molecule has 1 amide bonds. The van der Waals surface area contributed by atoms with Gasteiger partial charge in [0.2, 0.25) is 5.91 Å². The third kappa shape index (κ3) is 2.67. The molecule has 0 aromatic heterocycles. The van der Waals surface area contributed by atoms with Crippen LogP contribution in [0.5, 0.6) is 0 Å². The molecule has 5 heteroatoms. The van der Waals surface area contributed by atoms with E-state index in [9.17, 15) is 9.59 Å². The number of carbonyl (C=O) groups excluding carboxylic acids is 1. The van der Waals surface area contributed by atoms with Crippen LogP contribution < -0.4 is 5.32 Å². The number of carboxylic acid groups (broad SMARTS) is 1. The van der Waals surface area contributed by atoms with Gasteiger partial charge in [0.1, 0.15) is 0 Å². The molecule has 0 saturated carbocycles. The lowest BCUT2D eigenvalue weighted by molar-refractivity contribution is -0.115. The van der Waals surface area contributed by atoms with Crippen LogP contribution in [0.1, 0.15) is 28.8 Å². The van der Waals surface area contributed by atoms with Crippen LogP contribution >= 0.6 is 11.8 Å². The van der Waals surface area contributed by atoms with Crippen molar-refractivity contribution in [2.45, 2.75) is 25.0 Å². The monoisotopic (exact) mass is 265 g/mol. The van der Waals surface area contributed by atoms with E-state index < -0.39 is 5.97 Å². The van der Waals surface area contributed by atoms with Crippen LogP contribution in [0.15, 0.2) is 18.2 Å². The average molecular weight is 265 g/mol. The summed E-state index contributed by atoms with van der Waals surface area (Å²) in [5, 5.41) is 11.8. The minimum atomic E-state index is -0.973. The highest BCUT2D eigenvalue weighted by atomic mass is 32.2. The maximum atomic E-state index is 12.0. The van der Waals surface area contributed by atoms with Gasteiger partial charge in [-0.15, -0.1) is 11.8 Å². The Morgan fingerprint density at radius 2 is 2.22 bits per heavy atom. The Bertz CT molecular complexity index is 481. The van der Waals surface area contributed by atoms with Crippen LogP contribution in [0, 0.1) is 6.92 Å². The molecule has 1 saturated heterocycles. The van der Waals surface area contributed by atoms with Crippen molar-refractivity contribution in [2.24, 2.45) is 0 Å². The van der Waals surface area contributed by atoms with Gasteiger partial charge in [-0.05, 0) is 43.2 Å². The molecule has 1 aromatic rings. The number of benzene rings is 1. The topological polar surface area (TPSA) is 66.4 Å². The first-order valence-corrected chi connectivity index (χ1v) is 6.90. The SMILES string of the molecule is Cc1c(NC(=O)C2CCCS2)cccc1C(=O)O. The first-order chi connectivity index (χ1) is 8.59. The van der Waals surface area contributed by atoms with E-state index in [4.69, 9.17) is 5.11 Å². The van der Waals surface area contributed by atoms with Crippen molar-refractivity contribution in [1.82, 2.24) is 0 Å². The van der Waals surface area contributed by atoms with Crippen LogP contribution in [-0.2, 0) is 4.79 Å². The second-order valence-corrected chi connectivity index (χ2v) is 5.58. The molecule has 2 rings (SSSR count). The van der Waals surface area contributed by atoms with Crippen LogP contribution in [0.4, 0.5) is 5.69 Å². The summed E-state index contributed by atoms with van der Waals surface area (Å²) < 4.78 is 0. The summed E-state index contributed by atoms with van der Waals surface area (Å²) in [5.41, 5.74) is 1.42. The first-order valence-electron chi connectivity index (χ1n) is 5.85. The summed E-state index contributed by atoms with van der Waals surface area (Å²) >= 11 is 1.66. The lowest BCUT2D eigenvalue weighted by Crippen LogP contribution is -2.23. The standard InChI is InChI=1S/C13H15NO3S/c1-8-9(13(16)17)4-2-5-10(8)14-12(15)11-6-3-7-18-11/h2,4-5,11H,3,6-7H2,1H3,(H,14,15)(H,16,17). The van der Waals surface area contributed by atoms with Crippen molar-refractivity contribution in [3.05, 3.63) is 29.3 Å². The molecule has 0 radical (unpaired) electrons. The largest absolute Gasteiger partial charge is 0.478 e. The first kappa shape index (κ1) is 13.0. The number of nitrogens with one attached hydrogen (secondary N) is 1. The van der Waals surface area contributed by atoms with Gasteiger partial charge in [0.15, 0.2) is 0 Å². The zero-order chi connectivity index (χ0) is 13.1. The van der Waals surface area contributed by atoms with Gasteiger partial charge in [0.05, 0.1) is 10.8 Å². The second-order valence-electron chi connectivity index (χ2n) is 4.27. The highest BCUT2D eigenvalue weighted by Gasteiger charge is 2.24. The van der Waals surface area contributed by atoms with Gasteiger partial charge in [-0.2, -0.15) is 0 Å². The van der Waals surface area contributed by atoms with Gasteiger partial charge in [-0.3, -0.25) is 4.79 Å². The molecule has 1 unspecified atom stereocenters. The fraction of sp³-hybridized carbons (Fsp3) is 0.385. The molecule has 0 bridgehead atoms. The van der Waals surface area contributed by atoms with Crippen LogP contribution in [0.25, 0.3) is 0 Å². The second kappa shape index (κ2) is 5.44. The smallest absolute Gasteiger partial charge is 0.336 e. The molecule has 4 nitrogen and oxygen atoms in total. The van der Waals surface area contributed by atoms with Gasteiger partial charge in [0, 0.05) is 5.69 Å². The molecular formula is C13H15NO3S. The fourth-order valence-corrected chi connectivity index (χ4v) is 3.16. The Hall–Kier alpha value is -1.49. The van der Waals surface area contributed by atoms with Crippen LogP contribution in [0.3, 0.4) is 0 Å². The highest BCUT2D eigenvalue weighted by Crippen LogP contribution is 2.28. The Morgan fingerprint density at radius 3 is 2.83 bits per heavy atom. The number of rotatable bonds is 3. The van der Waals surface area contributed by atoms with E-state index in [-0.39, 0.29) is 16.7 Å². The third-order valence-corrected chi connectivity index (χ3v) is 4.42. The summed E-state index contributed by atoms with van der Waals surface area (Å²) in [6.45, 7) is 1.71. The predicted octanol–water partition coefficient (Wildman–Crippen LogP) is 2.53. The zero-order valence-corrected chi connectivity index (χ0v) is 10.9. The maximum absolute atomic E-state index is 12.0. The number of anilines is 1. The van der Waals surface area contributed by atoms with E-state index in [0.717, 1.165) is 18.6 Å². The molecule has 1 atom stereocenters.